The van der Waals surface area contributed by atoms with Crippen LogP contribution in [0.5, 0.6) is 0 Å². The number of hydrogen-bond donors (Lipinski definition) is 1. The van der Waals surface area contributed by atoms with E-state index in [-0.39, 0.29) is 18.5 Å². The summed E-state index contributed by atoms with van der Waals surface area (Å²) >= 11 is 14.2. The molecular formula is C22H26Cl2IN3O4S. The Bertz CT molecular complexity index is 1110. The van der Waals surface area contributed by atoms with Crippen molar-refractivity contribution < 1.29 is 18.0 Å². The highest BCUT2D eigenvalue weighted by Crippen LogP contribution is 2.24. The summed E-state index contributed by atoms with van der Waals surface area (Å²) in [4.78, 5) is 27.5. The Morgan fingerprint density at radius 3 is 2.15 bits per heavy atom. The molecule has 0 saturated carbocycles. The maximum Gasteiger partial charge on any atom is 0.244 e. The zero-order valence-corrected chi connectivity index (χ0v) is 23.2. The van der Waals surface area contributed by atoms with Gasteiger partial charge in [0.1, 0.15) is 12.6 Å². The van der Waals surface area contributed by atoms with Crippen LogP contribution in [0.3, 0.4) is 0 Å². The molecule has 180 valence electrons. The van der Waals surface area contributed by atoms with Crippen LogP contribution in [0.2, 0.25) is 10.0 Å². The molecule has 0 aliphatic carbocycles. The average Bonchev–Trinajstić information content (AvgIpc) is 2.71. The van der Waals surface area contributed by atoms with Crippen LogP contribution in [-0.2, 0) is 26.2 Å². The summed E-state index contributed by atoms with van der Waals surface area (Å²) in [5.41, 5.74) is 1.02. The largest absolute Gasteiger partial charge is 0.352 e. The highest BCUT2D eigenvalue weighted by Gasteiger charge is 2.30. The number of anilines is 1. The van der Waals surface area contributed by atoms with Gasteiger partial charge in [0, 0.05) is 16.2 Å². The molecule has 33 heavy (non-hydrogen) atoms. The summed E-state index contributed by atoms with van der Waals surface area (Å²) in [6.07, 6.45) is 1.04. The van der Waals surface area contributed by atoms with Crippen molar-refractivity contribution in [1.82, 2.24) is 10.2 Å². The Balaban J connectivity index is 2.40. The fraction of sp³-hybridized carbons (Fsp3) is 0.364. The molecule has 0 spiro atoms. The summed E-state index contributed by atoms with van der Waals surface area (Å²) < 4.78 is 27.0. The normalized spacial score (nSPS) is 12.4. The Hall–Kier alpha value is -1.56. The lowest BCUT2D eigenvalue weighted by Crippen LogP contribution is -2.52. The lowest BCUT2D eigenvalue weighted by atomic mass is 10.1. The molecule has 0 unspecified atom stereocenters. The van der Waals surface area contributed by atoms with E-state index >= 15 is 0 Å². The molecule has 0 aliphatic rings. The number of sulfonamides is 1. The third-order valence-corrected chi connectivity index (χ3v) is 7.33. The summed E-state index contributed by atoms with van der Waals surface area (Å²) in [5.74, 6) is -0.880. The van der Waals surface area contributed by atoms with Gasteiger partial charge in [-0.3, -0.25) is 13.9 Å². The number of hydrogen-bond acceptors (Lipinski definition) is 4. The smallest absolute Gasteiger partial charge is 0.244 e. The van der Waals surface area contributed by atoms with Crippen LogP contribution in [0.4, 0.5) is 5.69 Å². The minimum absolute atomic E-state index is 0.0483. The third kappa shape index (κ3) is 8.01. The molecule has 0 radical (unpaired) electrons. The Kier molecular flexibility index (Phi) is 9.83. The Morgan fingerprint density at radius 2 is 1.64 bits per heavy atom. The van der Waals surface area contributed by atoms with Crippen molar-refractivity contribution in [3.63, 3.8) is 0 Å². The molecule has 0 aliphatic heterocycles. The van der Waals surface area contributed by atoms with Crippen LogP contribution in [0, 0.1) is 3.57 Å². The predicted molar refractivity (Wildman–Crippen MR) is 141 cm³/mol. The highest BCUT2D eigenvalue weighted by atomic mass is 127. The van der Waals surface area contributed by atoms with Gasteiger partial charge in [-0.25, -0.2) is 8.42 Å². The van der Waals surface area contributed by atoms with E-state index in [2.05, 4.69) is 27.9 Å². The molecule has 0 fully saturated rings. The summed E-state index contributed by atoms with van der Waals surface area (Å²) in [7, 11) is -3.77. The van der Waals surface area contributed by atoms with Gasteiger partial charge >= 0.3 is 0 Å². The summed E-state index contributed by atoms with van der Waals surface area (Å²) in [6.45, 7) is 4.82. The maximum atomic E-state index is 13.4. The molecule has 1 N–H and O–H groups in total. The molecule has 11 heteroatoms. The van der Waals surface area contributed by atoms with Crippen molar-refractivity contribution >= 4 is 73.3 Å². The molecule has 0 saturated heterocycles. The summed E-state index contributed by atoms with van der Waals surface area (Å²) in [5, 5.41) is 3.48. The second kappa shape index (κ2) is 11.7. The monoisotopic (exact) mass is 625 g/mol. The number of carbonyl (C=O) groups is 2. The Labute approximate surface area is 218 Å². The van der Waals surface area contributed by atoms with Gasteiger partial charge in [0.25, 0.3) is 0 Å². The van der Waals surface area contributed by atoms with Gasteiger partial charge in [-0.15, -0.1) is 0 Å². The number of benzene rings is 2. The average molecular weight is 626 g/mol. The van der Waals surface area contributed by atoms with Crippen LogP contribution in [0.25, 0.3) is 0 Å². The SMILES string of the molecule is CC(C)NC(=O)[C@H](C)N(Cc1ccc(Cl)c(Cl)c1)C(=O)CN(c1ccc(I)cc1)S(C)(=O)=O. The first kappa shape index (κ1) is 27.7. The molecule has 7 nitrogen and oxygen atoms in total. The molecule has 2 aromatic carbocycles. The maximum absolute atomic E-state index is 13.4. The zero-order valence-electron chi connectivity index (χ0n) is 18.7. The number of nitrogens with zero attached hydrogens (tertiary/aromatic N) is 2. The van der Waals surface area contributed by atoms with Gasteiger partial charge < -0.3 is 10.2 Å². The first-order chi connectivity index (χ1) is 15.3. The fourth-order valence-electron chi connectivity index (χ4n) is 3.04. The summed E-state index contributed by atoms with van der Waals surface area (Å²) in [6, 6.07) is 10.7. The van der Waals surface area contributed by atoms with Crippen LogP contribution in [0.15, 0.2) is 42.5 Å². The van der Waals surface area contributed by atoms with E-state index in [0.717, 1.165) is 14.1 Å². The van der Waals surface area contributed by atoms with Crippen LogP contribution in [0.1, 0.15) is 26.3 Å². The predicted octanol–water partition coefficient (Wildman–Crippen LogP) is 4.31. The van der Waals surface area contributed by atoms with Crippen molar-refractivity contribution in [2.24, 2.45) is 0 Å². The quantitative estimate of drug-likeness (QED) is 0.421. The first-order valence-electron chi connectivity index (χ1n) is 10.1. The van der Waals surface area contributed by atoms with Crippen molar-refractivity contribution in [3.05, 3.63) is 61.6 Å². The van der Waals surface area contributed by atoms with Gasteiger partial charge in [0.2, 0.25) is 21.8 Å². The number of halogens is 3. The second-order valence-electron chi connectivity index (χ2n) is 7.86. The van der Waals surface area contributed by atoms with Gasteiger partial charge in [0.05, 0.1) is 22.0 Å². The van der Waals surface area contributed by atoms with E-state index in [4.69, 9.17) is 23.2 Å². The van der Waals surface area contributed by atoms with E-state index in [1.165, 1.54) is 4.90 Å². The number of nitrogens with one attached hydrogen (secondary N) is 1. The van der Waals surface area contributed by atoms with E-state index in [0.29, 0.717) is 21.3 Å². The van der Waals surface area contributed by atoms with E-state index in [9.17, 15) is 18.0 Å². The van der Waals surface area contributed by atoms with Gasteiger partial charge in [-0.05, 0) is 85.3 Å². The van der Waals surface area contributed by atoms with E-state index < -0.39 is 28.5 Å². The minimum Gasteiger partial charge on any atom is -0.352 e. The van der Waals surface area contributed by atoms with Gasteiger partial charge in [-0.2, -0.15) is 0 Å². The van der Waals surface area contributed by atoms with Gasteiger partial charge in [0.15, 0.2) is 0 Å². The molecule has 2 amide bonds. The lowest BCUT2D eigenvalue weighted by Gasteiger charge is -2.32. The molecule has 1 atom stereocenters. The van der Waals surface area contributed by atoms with Crippen LogP contribution < -0.4 is 9.62 Å². The third-order valence-electron chi connectivity index (χ3n) is 4.73. The number of rotatable bonds is 9. The van der Waals surface area contributed by atoms with Crippen LogP contribution >= 0.6 is 45.8 Å². The number of amides is 2. The van der Waals surface area contributed by atoms with E-state index in [1.54, 1.807) is 49.4 Å². The minimum atomic E-state index is -3.77. The van der Waals surface area contributed by atoms with Crippen LogP contribution in [-0.4, -0.2) is 50.0 Å². The lowest BCUT2D eigenvalue weighted by molar-refractivity contribution is -0.139. The fourth-order valence-corrected chi connectivity index (χ4v) is 4.57. The topological polar surface area (TPSA) is 86.8 Å². The molecule has 0 heterocycles. The van der Waals surface area contributed by atoms with Crippen molar-refractivity contribution in [3.8, 4) is 0 Å². The molecule has 2 rings (SSSR count). The molecule has 2 aromatic rings. The van der Waals surface area contributed by atoms with Crippen molar-refractivity contribution in [1.29, 1.82) is 0 Å². The van der Waals surface area contributed by atoms with Gasteiger partial charge in [-0.1, -0.05) is 29.3 Å². The Morgan fingerprint density at radius 1 is 1.03 bits per heavy atom. The standard InChI is InChI=1S/C22H26Cl2IN3O4S/c1-14(2)26-22(30)15(3)27(12-16-5-10-19(23)20(24)11-16)21(29)13-28(33(4,31)32)18-8-6-17(25)7-9-18/h5-11,14-15H,12-13H2,1-4H3,(H,26,30)/t15-/m0/s1. The second-order valence-corrected chi connectivity index (χ2v) is 11.8. The molecule has 0 bridgehead atoms. The highest BCUT2D eigenvalue weighted by molar-refractivity contribution is 14.1. The molecule has 0 aromatic heterocycles. The first-order valence-corrected chi connectivity index (χ1v) is 13.7. The zero-order chi connectivity index (χ0) is 24.9. The van der Waals surface area contributed by atoms with E-state index in [1.807, 2.05) is 13.8 Å². The number of carbonyl (C=O) groups excluding carboxylic acids is 2. The van der Waals surface area contributed by atoms with Crippen molar-refractivity contribution in [2.75, 3.05) is 17.1 Å². The molecular weight excluding hydrogens is 600 g/mol. The van der Waals surface area contributed by atoms with Crippen molar-refractivity contribution in [2.45, 2.75) is 39.4 Å².